The number of hydrogen-bond acceptors (Lipinski definition) is 6. The molecule has 2 aromatic rings. The molecule has 3 atom stereocenters. The highest BCUT2D eigenvalue weighted by atomic mass is 16.6. The number of rotatable bonds is 4. The Balaban J connectivity index is 1.35. The number of hydrogen-bond donors (Lipinski definition) is 1. The molecular weight excluding hydrogens is 356 g/mol. The van der Waals surface area contributed by atoms with Gasteiger partial charge < -0.3 is 19.8 Å². The van der Waals surface area contributed by atoms with Crippen LogP contribution in [0.2, 0.25) is 0 Å². The molecule has 0 spiro atoms. The number of pyridine rings is 1. The first-order valence-electron chi connectivity index (χ1n) is 9.54. The molecule has 1 fully saturated rings. The predicted octanol–water partition coefficient (Wildman–Crippen LogP) is 3.15. The minimum atomic E-state index is -0.262. The van der Waals surface area contributed by atoms with Crippen LogP contribution in [-0.2, 0) is 14.4 Å². The highest BCUT2D eigenvalue weighted by Gasteiger charge is 2.27. The number of morpholine rings is 1. The third kappa shape index (κ3) is 4.14. The summed E-state index contributed by atoms with van der Waals surface area (Å²) in [6.45, 7) is 5.73. The second-order valence-corrected chi connectivity index (χ2v) is 7.27. The molecule has 3 heterocycles. The number of nitrogens with one attached hydrogen (secondary N) is 1. The number of anilines is 2. The molecule has 0 radical (unpaired) electrons. The summed E-state index contributed by atoms with van der Waals surface area (Å²) in [6, 6.07) is 13.5. The minimum absolute atomic E-state index is 0.169. The lowest BCUT2D eigenvalue weighted by atomic mass is 10.0. The van der Waals surface area contributed by atoms with E-state index in [2.05, 4.69) is 34.2 Å². The number of nitrogens with zero attached hydrogens (tertiary/aromatic N) is 3. The van der Waals surface area contributed by atoms with Crippen LogP contribution in [0.25, 0.3) is 0 Å². The van der Waals surface area contributed by atoms with Crippen molar-refractivity contribution in [3.63, 3.8) is 0 Å². The maximum atomic E-state index is 12.5. The first-order chi connectivity index (χ1) is 13.6. The zero-order valence-corrected chi connectivity index (χ0v) is 16.0. The van der Waals surface area contributed by atoms with E-state index in [1.165, 1.54) is 0 Å². The summed E-state index contributed by atoms with van der Waals surface area (Å²) < 4.78 is 5.76. The number of carbonyl (C=O) groups is 1. The van der Waals surface area contributed by atoms with E-state index < -0.39 is 0 Å². The summed E-state index contributed by atoms with van der Waals surface area (Å²) in [5.74, 6) is 0.618. The van der Waals surface area contributed by atoms with Crippen molar-refractivity contribution in [1.82, 2.24) is 4.98 Å². The molecule has 1 aromatic heterocycles. The second-order valence-electron chi connectivity index (χ2n) is 7.27. The van der Waals surface area contributed by atoms with Crippen LogP contribution in [0.4, 0.5) is 11.5 Å². The molecule has 28 heavy (non-hydrogen) atoms. The van der Waals surface area contributed by atoms with E-state index in [1.807, 2.05) is 42.5 Å². The van der Waals surface area contributed by atoms with Crippen LogP contribution in [0, 0.1) is 0 Å². The monoisotopic (exact) mass is 380 g/mol. The first-order valence-corrected chi connectivity index (χ1v) is 9.54. The van der Waals surface area contributed by atoms with E-state index >= 15 is 0 Å². The van der Waals surface area contributed by atoms with E-state index in [0.717, 1.165) is 24.5 Å². The van der Waals surface area contributed by atoms with E-state index in [1.54, 1.807) is 6.20 Å². The fourth-order valence-corrected chi connectivity index (χ4v) is 3.57. The Morgan fingerprint density at radius 1 is 1.11 bits per heavy atom. The molecule has 1 aromatic carbocycles. The molecule has 0 bridgehead atoms. The molecule has 7 heteroatoms. The predicted molar refractivity (Wildman–Crippen MR) is 107 cm³/mol. The second kappa shape index (κ2) is 7.98. The fraction of sp³-hybridized carbons (Fsp3) is 0.381. The van der Waals surface area contributed by atoms with Crippen molar-refractivity contribution in [3.8, 4) is 0 Å². The number of ether oxygens (including phenoxy) is 1. The highest BCUT2D eigenvalue weighted by molar-refractivity contribution is 6.43. The SMILES string of the molecule is CC1CN(c2ccc(NC(=O)C3=NOC(c4ccccc4)C3)cn2)CC(C)O1. The first kappa shape index (κ1) is 18.4. The van der Waals surface area contributed by atoms with Crippen molar-refractivity contribution in [2.24, 2.45) is 5.16 Å². The van der Waals surface area contributed by atoms with Crippen LogP contribution in [0.3, 0.4) is 0 Å². The van der Waals surface area contributed by atoms with Gasteiger partial charge in [-0.15, -0.1) is 0 Å². The summed E-state index contributed by atoms with van der Waals surface area (Å²) in [7, 11) is 0. The molecule has 1 amide bonds. The largest absolute Gasteiger partial charge is 0.387 e. The van der Waals surface area contributed by atoms with Crippen LogP contribution in [0.5, 0.6) is 0 Å². The molecule has 0 saturated carbocycles. The third-order valence-electron chi connectivity index (χ3n) is 4.85. The Bertz CT molecular complexity index is 844. The van der Waals surface area contributed by atoms with Crippen LogP contribution < -0.4 is 10.2 Å². The van der Waals surface area contributed by atoms with Crippen molar-refractivity contribution in [2.75, 3.05) is 23.3 Å². The van der Waals surface area contributed by atoms with Gasteiger partial charge >= 0.3 is 0 Å². The van der Waals surface area contributed by atoms with Gasteiger partial charge in [-0.2, -0.15) is 0 Å². The van der Waals surface area contributed by atoms with Gasteiger partial charge in [0.1, 0.15) is 11.5 Å². The fourth-order valence-electron chi connectivity index (χ4n) is 3.57. The maximum absolute atomic E-state index is 12.5. The molecular formula is C21H24N4O3. The van der Waals surface area contributed by atoms with Gasteiger partial charge in [-0.05, 0) is 31.5 Å². The average Bonchev–Trinajstić information content (AvgIpc) is 3.19. The van der Waals surface area contributed by atoms with E-state index in [-0.39, 0.29) is 24.2 Å². The molecule has 2 aliphatic rings. The van der Waals surface area contributed by atoms with E-state index in [0.29, 0.717) is 17.8 Å². The topological polar surface area (TPSA) is 76.1 Å². The van der Waals surface area contributed by atoms with Crippen molar-refractivity contribution < 1.29 is 14.4 Å². The van der Waals surface area contributed by atoms with Gasteiger partial charge in [-0.25, -0.2) is 4.98 Å². The number of oxime groups is 1. The Labute approximate surface area is 164 Å². The number of carbonyl (C=O) groups excluding carboxylic acids is 1. The van der Waals surface area contributed by atoms with E-state index in [9.17, 15) is 4.79 Å². The van der Waals surface area contributed by atoms with Crippen molar-refractivity contribution in [3.05, 3.63) is 54.2 Å². The van der Waals surface area contributed by atoms with Crippen molar-refractivity contribution in [2.45, 2.75) is 38.6 Å². The Morgan fingerprint density at radius 3 is 2.54 bits per heavy atom. The van der Waals surface area contributed by atoms with Gasteiger partial charge in [-0.1, -0.05) is 35.5 Å². The number of aromatic nitrogens is 1. The Morgan fingerprint density at radius 2 is 1.86 bits per heavy atom. The quantitative estimate of drug-likeness (QED) is 0.882. The summed E-state index contributed by atoms with van der Waals surface area (Å²) >= 11 is 0. The number of amides is 1. The molecule has 2 aliphatic heterocycles. The smallest absolute Gasteiger partial charge is 0.273 e. The molecule has 1 saturated heterocycles. The minimum Gasteiger partial charge on any atom is -0.387 e. The average molecular weight is 380 g/mol. The lowest BCUT2D eigenvalue weighted by Gasteiger charge is -2.36. The zero-order chi connectivity index (χ0) is 19.5. The normalized spacial score (nSPS) is 24.4. The van der Waals surface area contributed by atoms with Gasteiger partial charge in [0, 0.05) is 19.5 Å². The van der Waals surface area contributed by atoms with Crippen LogP contribution in [0.15, 0.2) is 53.8 Å². The van der Waals surface area contributed by atoms with Crippen LogP contribution in [-0.4, -0.2) is 41.9 Å². The summed E-state index contributed by atoms with van der Waals surface area (Å²) in [4.78, 5) is 24.6. The van der Waals surface area contributed by atoms with Crippen molar-refractivity contribution >= 4 is 23.1 Å². The van der Waals surface area contributed by atoms with E-state index in [4.69, 9.17) is 9.57 Å². The molecule has 3 unspecified atom stereocenters. The standard InChI is InChI=1S/C21H24N4O3/c1-14-12-25(13-15(2)27-14)20-9-8-17(11-22-20)23-21(26)18-10-19(28-24-18)16-6-4-3-5-7-16/h3-9,11,14-15,19H,10,12-13H2,1-2H3,(H,23,26). The van der Waals surface area contributed by atoms with Gasteiger partial charge in [0.2, 0.25) is 0 Å². The molecule has 1 N–H and O–H groups in total. The van der Waals surface area contributed by atoms with Gasteiger partial charge in [-0.3, -0.25) is 4.79 Å². The van der Waals surface area contributed by atoms with Gasteiger partial charge in [0.05, 0.1) is 24.1 Å². The number of benzene rings is 1. The molecule has 146 valence electrons. The van der Waals surface area contributed by atoms with Gasteiger partial charge in [0.25, 0.3) is 5.91 Å². The zero-order valence-electron chi connectivity index (χ0n) is 16.0. The van der Waals surface area contributed by atoms with Crippen LogP contribution in [0.1, 0.15) is 31.9 Å². The Hall–Kier alpha value is -2.93. The third-order valence-corrected chi connectivity index (χ3v) is 4.85. The summed E-state index contributed by atoms with van der Waals surface area (Å²) in [5.41, 5.74) is 2.02. The Kier molecular flexibility index (Phi) is 5.25. The molecule has 4 rings (SSSR count). The summed E-state index contributed by atoms with van der Waals surface area (Å²) in [5, 5.41) is 6.81. The molecule has 0 aliphatic carbocycles. The highest BCUT2D eigenvalue weighted by Crippen LogP contribution is 2.27. The maximum Gasteiger partial charge on any atom is 0.273 e. The van der Waals surface area contributed by atoms with Gasteiger partial charge in [0.15, 0.2) is 6.10 Å². The summed E-state index contributed by atoms with van der Waals surface area (Å²) in [6.07, 6.45) is 2.24. The lowest BCUT2D eigenvalue weighted by molar-refractivity contribution is -0.110. The lowest BCUT2D eigenvalue weighted by Crippen LogP contribution is -2.45. The van der Waals surface area contributed by atoms with Crippen molar-refractivity contribution in [1.29, 1.82) is 0 Å². The van der Waals surface area contributed by atoms with Crippen LogP contribution >= 0.6 is 0 Å². The molecule has 7 nitrogen and oxygen atoms in total.